The minimum absolute atomic E-state index is 0.550. The largest absolute Gasteiger partial charge is 0.240 e. The van der Waals surface area contributed by atoms with E-state index in [1.165, 1.54) is 83.5 Å². The summed E-state index contributed by atoms with van der Waals surface area (Å²) in [5, 5.41) is 0. The lowest BCUT2D eigenvalue weighted by Crippen LogP contribution is -2.04. The maximum Gasteiger partial charge on any atom is 0.0593 e. The van der Waals surface area contributed by atoms with Gasteiger partial charge in [-0.3, -0.25) is 0 Å². The topological polar surface area (TPSA) is 12.4 Å². The third kappa shape index (κ3) is 9.96. The Kier molecular flexibility index (Phi) is 10.8. The van der Waals surface area contributed by atoms with Gasteiger partial charge in [0.2, 0.25) is 0 Å². The highest BCUT2D eigenvalue weighted by Gasteiger charge is 2.06. The Morgan fingerprint density at radius 1 is 0.842 bits per heavy atom. The summed E-state index contributed by atoms with van der Waals surface area (Å²) in [6.45, 7) is 2.21. The smallest absolute Gasteiger partial charge is 0.0593 e. The molecule has 0 aromatic heterocycles. The molecule has 1 rings (SSSR count). The molecule has 0 spiro atoms. The first-order valence-electron chi connectivity index (χ1n) is 8.70. The van der Waals surface area contributed by atoms with Gasteiger partial charge in [0.05, 0.1) is 6.04 Å². The molecule has 0 heterocycles. The van der Waals surface area contributed by atoms with Gasteiger partial charge in [-0.2, -0.15) is 0 Å². The molecule has 0 unspecified atom stereocenters. The third-order valence-electron chi connectivity index (χ3n) is 4.11. The fourth-order valence-corrected chi connectivity index (χ4v) is 2.81. The van der Waals surface area contributed by atoms with Crippen LogP contribution in [0.2, 0.25) is 0 Å². The minimum atomic E-state index is 0.550. The molecule has 110 valence electrons. The van der Waals surface area contributed by atoms with Crippen LogP contribution in [0, 0.1) is 0 Å². The van der Waals surface area contributed by atoms with Crippen LogP contribution < -0.4 is 0 Å². The molecule has 1 heteroatoms. The van der Waals surface area contributed by atoms with Gasteiger partial charge in [0.1, 0.15) is 0 Å². The minimum Gasteiger partial charge on any atom is -0.240 e. The third-order valence-corrected chi connectivity index (χ3v) is 4.11. The summed E-state index contributed by atoms with van der Waals surface area (Å²) in [6, 6.07) is 0.550. The maximum absolute atomic E-state index is 4.67. The lowest BCUT2D eigenvalue weighted by atomic mass is 10.0. The summed E-state index contributed by atoms with van der Waals surface area (Å²) >= 11 is 0. The van der Waals surface area contributed by atoms with Crippen molar-refractivity contribution in [2.75, 3.05) is 0 Å². The summed E-state index contributed by atoms with van der Waals surface area (Å²) in [4.78, 5) is 4.67. The molecular weight excluding hydrogens is 230 g/mol. The van der Waals surface area contributed by atoms with Crippen molar-refractivity contribution >= 4 is 5.87 Å². The Morgan fingerprint density at radius 3 is 1.79 bits per heavy atom. The summed E-state index contributed by atoms with van der Waals surface area (Å²) in [5.74, 6) is 3.18. The van der Waals surface area contributed by atoms with Gasteiger partial charge in [-0.1, -0.05) is 77.6 Å². The van der Waals surface area contributed by atoms with Crippen molar-refractivity contribution in [3.05, 3.63) is 6.08 Å². The average molecular weight is 263 g/mol. The second-order valence-electron chi connectivity index (χ2n) is 6.02. The average Bonchev–Trinajstić information content (AvgIpc) is 2.45. The second-order valence-corrected chi connectivity index (χ2v) is 6.02. The molecule has 0 radical (unpaired) electrons. The van der Waals surface area contributed by atoms with Gasteiger partial charge >= 0.3 is 0 Å². The van der Waals surface area contributed by atoms with Crippen molar-refractivity contribution in [1.29, 1.82) is 0 Å². The second kappa shape index (κ2) is 12.5. The van der Waals surface area contributed by atoms with Gasteiger partial charge < -0.3 is 0 Å². The Hall–Kier alpha value is -0.550. The lowest BCUT2D eigenvalue weighted by Gasteiger charge is -2.10. The number of rotatable bonds is 3. The van der Waals surface area contributed by atoms with Crippen LogP contribution in [0.1, 0.15) is 96.8 Å². The number of nitrogens with zero attached hydrogens (tertiary/aromatic N) is 1. The van der Waals surface area contributed by atoms with E-state index in [4.69, 9.17) is 0 Å². The van der Waals surface area contributed by atoms with Crippen LogP contribution in [0.5, 0.6) is 0 Å². The number of aliphatic imine (C=N–C) groups is 1. The molecule has 1 aliphatic rings. The SMILES string of the molecule is CCCC=C=NC1CCCCCCCCCCCC1. The predicted octanol–water partition coefficient (Wildman–Crippen LogP) is 6.08. The first-order valence-corrected chi connectivity index (χ1v) is 8.70. The molecule has 1 saturated carbocycles. The molecule has 0 aromatic carbocycles. The molecule has 1 aliphatic carbocycles. The standard InChI is InChI=1S/C18H33N/c1-2-3-14-17-19-18-15-12-10-8-6-4-5-7-9-11-13-16-18/h14,18H,2-13,15-16H2,1H3. The van der Waals surface area contributed by atoms with Crippen molar-refractivity contribution in [3.8, 4) is 0 Å². The number of hydrogen-bond donors (Lipinski definition) is 0. The molecule has 1 nitrogen and oxygen atoms in total. The van der Waals surface area contributed by atoms with Crippen LogP contribution in [0.4, 0.5) is 0 Å². The predicted molar refractivity (Wildman–Crippen MR) is 86.1 cm³/mol. The summed E-state index contributed by atoms with van der Waals surface area (Å²) in [6.07, 6.45) is 21.2. The zero-order valence-electron chi connectivity index (χ0n) is 13.0. The van der Waals surface area contributed by atoms with E-state index in [1.807, 2.05) is 0 Å². The first-order chi connectivity index (χ1) is 9.43. The van der Waals surface area contributed by atoms with Crippen LogP contribution in [-0.2, 0) is 0 Å². The van der Waals surface area contributed by atoms with E-state index in [1.54, 1.807) is 0 Å². The van der Waals surface area contributed by atoms with E-state index >= 15 is 0 Å². The van der Waals surface area contributed by atoms with E-state index in [0.717, 1.165) is 6.42 Å². The monoisotopic (exact) mass is 263 g/mol. The normalized spacial score (nSPS) is 20.5. The van der Waals surface area contributed by atoms with E-state index in [0.29, 0.717) is 6.04 Å². The molecule has 0 N–H and O–H groups in total. The Balaban J connectivity index is 2.34. The highest BCUT2D eigenvalue weighted by molar-refractivity contribution is 5.51. The lowest BCUT2D eigenvalue weighted by molar-refractivity contribution is 0.500. The molecule has 1 fully saturated rings. The van der Waals surface area contributed by atoms with Crippen molar-refractivity contribution in [3.63, 3.8) is 0 Å². The fraction of sp³-hybridized carbons (Fsp3) is 0.889. The Labute approximate surface area is 120 Å². The van der Waals surface area contributed by atoms with Crippen molar-refractivity contribution in [1.82, 2.24) is 0 Å². The zero-order valence-corrected chi connectivity index (χ0v) is 13.0. The maximum atomic E-state index is 4.67. The molecule has 0 amide bonds. The van der Waals surface area contributed by atoms with Crippen molar-refractivity contribution in [2.45, 2.75) is 103 Å². The van der Waals surface area contributed by atoms with Crippen molar-refractivity contribution in [2.24, 2.45) is 4.99 Å². The van der Waals surface area contributed by atoms with Gasteiger partial charge in [-0.05, 0) is 31.2 Å². The summed E-state index contributed by atoms with van der Waals surface area (Å²) < 4.78 is 0. The summed E-state index contributed by atoms with van der Waals surface area (Å²) in [7, 11) is 0. The van der Waals surface area contributed by atoms with Crippen LogP contribution in [-0.4, -0.2) is 11.9 Å². The van der Waals surface area contributed by atoms with Crippen LogP contribution in [0.15, 0.2) is 11.1 Å². The Morgan fingerprint density at radius 2 is 1.32 bits per heavy atom. The van der Waals surface area contributed by atoms with Crippen LogP contribution >= 0.6 is 0 Å². The highest BCUT2D eigenvalue weighted by Crippen LogP contribution is 2.18. The molecule has 0 aliphatic heterocycles. The Bertz CT molecular complexity index is 236. The summed E-state index contributed by atoms with van der Waals surface area (Å²) in [5.41, 5.74) is 0. The van der Waals surface area contributed by atoms with Gasteiger partial charge in [-0.15, -0.1) is 0 Å². The molecular formula is C18H33N. The molecule has 0 atom stereocenters. The van der Waals surface area contributed by atoms with Gasteiger partial charge in [0, 0.05) is 0 Å². The zero-order chi connectivity index (χ0) is 13.6. The van der Waals surface area contributed by atoms with E-state index in [9.17, 15) is 0 Å². The highest BCUT2D eigenvalue weighted by atomic mass is 14.7. The molecule has 0 aromatic rings. The van der Waals surface area contributed by atoms with Gasteiger partial charge in [0.25, 0.3) is 0 Å². The number of unbranched alkanes of at least 4 members (excludes halogenated alkanes) is 1. The molecule has 19 heavy (non-hydrogen) atoms. The van der Waals surface area contributed by atoms with Gasteiger partial charge in [-0.25, -0.2) is 4.99 Å². The van der Waals surface area contributed by atoms with Crippen LogP contribution in [0.3, 0.4) is 0 Å². The van der Waals surface area contributed by atoms with E-state index in [2.05, 4.69) is 23.9 Å². The van der Waals surface area contributed by atoms with E-state index in [-0.39, 0.29) is 0 Å². The number of allylic oxidation sites excluding steroid dienone is 1. The van der Waals surface area contributed by atoms with Gasteiger partial charge in [0.15, 0.2) is 0 Å². The van der Waals surface area contributed by atoms with Crippen LogP contribution in [0.25, 0.3) is 0 Å². The molecule has 0 saturated heterocycles. The first kappa shape index (κ1) is 16.5. The fourth-order valence-electron chi connectivity index (χ4n) is 2.81. The van der Waals surface area contributed by atoms with Crippen molar-refractivity contribution < 1.29 is 0 Å². The molecule has 0 bridgehead atoms. The quantitative estimate of drug-likeness (QED) is 0.547. The number of hydrogen-bond acceptors (Lipinski definition) is 1. The van der Waals surface area contributed by atoms with E-state index < -0.39 is 0 Å².